The Labute approximate surface area is 157 Å². The molecular formula is C19H23NO3S2. The Morgan fingerprint density at radius 1 is 1.16 bits per heavy atom. The summed E-state index contributed by atoms with van der Waals surface area (Å²) in [5.74, 6) is 0.394. The topological polar surface area (TPSA) is 55.4 Å². The minimum Gasteiger partial charge on any atom is -0.465 e. The van der Waals surface area contributed by atoms with Gasteiger partial charge in [-0.15, -0.1) is 23.1 Å². The third-order valence-corrected chi connectivity index (χ3v) is 6.09. The molecular weight excluding hydrogens is 354 g/mol. The molecule has 1 heterocycles. The molecule has 0 aliphatic heterocycles. The lowest BCUT2D eigenvalue weighted by Gasteiger charge is -2.06. The average Bonchev–Trinajstić information content (AvgIpc) is 2.86. The van der Waals surface area contributed by atoms with Crippen LogP contribution >= 0.6 is 23.1 Å². The maximum absolute atomic E-state index is 12.2. The maximum Gasteiger partial charge on any atom is 0.341 e. The number of methoxy groups -OCH3 is 1. The van der Waals surface area contributed by atoms with Gasteiger partial charge in [-0.05, 0) is 50.6 Å². The molecule has 1 amide bonds. The second-order valence-corrected chi connectivity index (χ2v) is 8.19. The first-order valence-electron chi connectivity index (χ1n) is 8.10. The highest BCUT2D eigenvalue weighted by molar-refractivity contribution is 7.99. The van der Waals surface area contributed by atoms with Gasteiger partial charge in [-0.25, -0.2) is 4.79 Å². The van der Waals surface area contributed by atoms with Crippen molar-refractivity contribution in [3.05, 3.63) is 45.8 Å². The fraction of sp³-hybridized carbons (Fsp3) is 0.368. The van der Waals surface area contributed by atoms with Crippen LogP contribution in [0.1, 0.15) is 39.2 Å². The van der Waals surface area contributed by atoms with Crippen LogP contribution in [0.25, 0.3) is 0 Å². The standard InChI is InChI=1S/C19H23NO3S2/c1-12-7-9-15(10-8-12)24-11-5-6-16(21)20-18-17(19(22)23-4)13(2)14(3)25-18/h7-10H,5-6,11H2,1-4H3,(H,20,21). The third-order valence-electron chi connectivity index (χ3n) is 3.87. The van der Waals surface area contributed by atoms with Gasteiger partial charge in [-0.2, -0.15) is 0 Å². The molecule has 1 aromatic heterocycles. The third kappa shape index (κ3) is 5.34. The first-order valence-corrected chi connectivity index (χ1v) is 9.90. The zero-order valence-electron chi connectivity index (χ0n) is 15.0. The maximum atomic E-state index is 12.2. The SMILES string of the molecule is COC(=O)c1c(NC(=O)CCCSc2ccc(C)cc2)sc(C)c1C. The van der Waals surface area contributed by atoms with Gasteiger partial charge in [0.1, 0.15) is 5.00 Å². The van der Waals surface area contributed by atoms with Crippen molar-refractivity contribution >= 4 is 40.0 Å². The first-order chi connectivity index (χ1) is 11.9. The fourth-order valence-electron chi connectivity index (χ4n) is 2.31. The number of amides is 1. The van der Waals surface area contributed by atoms with Crippen molar-refractivity contribution in [1.29, 1.82) is 0 Å². The van der Waals surface area contributed by atoms with Gasteiger partial charge in [0.05, 0.1) is 12.7 Å². The van der Waals surface area contributed by atoms with Gasteiger partial charge in [0.15, 0.2) is 0 Å². The molecule has 6 heteroatoms. The normalized spacial score (nSPS) is 10.6. The number of hydrogen-bond donors (Lipinski definition) is 1. The molecule has 0 unspecified atom stereocenters. The molecule has 2 aromatic rings. The molecule has 0 spiro atoms. The van der Waals surface area contributed by atoms with Crippen LogP contribution in [0.3, 0.4) is 0 Å². The highest BCUT2D eigenvalue weighted by Gasteiger charge is 2.21. The molecule has 0 aliphatic rings. The molecule has 1 aromatic carbocycles. The summed E-state index contributed by atoms with van der Waals surface area (Å²) in [6.07, 6.45) is 1.21. The van der Waals surface area contributed by atoms with E-state index in [1.54, 1.807) is 11.8 Å². The van der Waals surface area contributed by atoms with Crippen LogP contribution in [-0.4, -0.2) is 24.7 Å². The van der Waals surface area contributed by atoms with E-state index in [1.165, 1.54) is 28.9 Å². The number of anilines is 1. The Morgan fingerprint density at radius 3 is 2.48 bits per heavy atom. The van der Waals surface area contributed by atoms with E-state index in [0.29, 0.717) is 17.0 Å². The van der Waals surface area contributed by atoms with Crippen LogP contribution in [0.15, 0.2) is 29.2 Å². The van der Waals surface area contributed by atoms with Gasteiger partial charge >= 0.3 is 5.97 Å². The average molecular weight is 378 g/mol. The van der Waals surface area contributed by atoms with Crippen molar-refractivity contribution in [2.75, 3.05) is 18.2 Å². The van der Waals surface area contributed by atoms with Crippen LogP contribution in [-0.2, 0) is 9.53 Å². The number of thioether (sulfide) groups is 1. The molecule has 134 valence electrons. The van der Waals surface area contributed by atoms with E-state index >= 15 is 0 Å². The molecule has 25 heavy (non-hydrogen) atoms. The summed E-state index contributed by atoms with van der Waals surface area (Å²) >= 11 is 3.16. The van der Waals surface area contributed by atoms with Gasteiger partial charge in [0, 0.05) is 16.2 Å². The molecule has 4 nitrogen and oxygen atoms in total. The van der Waals surface area contributed by atoms with Crippen LogP contribution < -0.4 is 5.32 Å². The highest BCUT2D eigenvalue weighted by atomic mass is 32.2. The molecule has 1 N–H and O–H groups in total. The fourth-order valence-corrected chi connectivity index (χ4v) is 4.23. The summed E-state index contributed by atoms with van der Waals surface area (Å²) < 4.78 is 4.82. The first kappa shape index (κ1) is 19.5. The Kier molecular flexibility index (Phi) is 7.08. The van der Waals surface area contributed by atoms with Crippen LogP contribution in [0, 0.1) is 20.8 Å². The summed E-state index contributed by atoms with van der Waals surface area (Å²) in [6, 6.07) is 8.37. The van der Waals surface area contributed by atoms with Crippen LogP contribution in [0.5, 0.6) is 0 Å². The number of rotatable bonds is 7. The lowest BCUT2D eigenvalue weighted by Crippen LogP contribution is -2.14. The number of ether oxygens (including phenoxy) is 1. The summed E-state index contributed by atoms with van der Waals surface area (Å²) in [7, 11) is 1.35. The number of carbonyl (C=O) groups is 2. The van der Waals surface area contributed by atoms with Gasteiger partial charge in [0.2, 0.25) is 5.91 Å². The summed E-state index contributed by atoms with van der Waals surface area (Å²) in [5.41, 5.74) is 2.57. The lowest BCUT2D eigenvalue weighted by atomic mass is 10.1. The number of aryl methyl sites for hydroxylation is 2. The number of carbonyl (C=O) groups excluding carboxylic acids is 2. The van der Waals surface area contributed by atoms with E-state index in [1.807, 2.05) is 13.8 Å². The van der Waals surface area contributed by atoms with Crippen molar-refractivity contribution < 1.29 is 14.3 Å². The van der Waals surface area contributed by atoms with Crippen molar-refractivity contribution in [1.82, 2.24) is 0 Å². The Bertz CT molecular complexity index is 751. The molecule has 0 fully saturated rings. The predicted octanol–water partition coefficient (Wildman–Crippen LogP) is 4.97. The van der Waals surface area contributed by atoms with E-state index in [-0.39, 0.29) is 5.91 Å². The lowest BCUT2D eigenvalue weighted by molar-refractivity contribution is -0.116. The number of benzene rings is 1. The van der Waals surface area contributed by atoms with Crippen molar-refractivity contribution in [3.63, 3.8) is 0 Å². The van der Waals surface area contributed by atoms with E-state index < -0.39 is 5.97 Å². The number of esters is 1. The molecule has 0 aliphatic carbocycles. The Morgan fingerprint density at radius 2 is 1.84 bits per heavy atom. The smallest absolute Gasteiger partial charge is 0.341 e. The molecule has 2 rings (SSSR count). The van der Waals surface area contributed by atoms with E-state index in [4.69, 9.17) is 4.74 Å². The van der Waals surface area contributed by atoms with Gasteiger partial charge in [0.25, 0.3) is 0 Å². The Balaban J connectivity index is 1.85. The summed E-state index contributed by atoms with van der Waals surface area (Å²) in [4.78, 5) is 26.3. The van der Waals surface area contributed by atoms with Crippen molar-refractivity contribution in [2.45, 2.75) is 38.5 Å². The second-order valence-electron chi connectivity index (χ2n) is 5.79. The Hall–Kier alpha value is -1.79. The second kappa shape index (κ2) is 9.06. The minimum absolute atomic E-state index is 0.0732. The van der Waals surface area contributed by atoms with E-state index in [0.717, 1.165) is 22.6 Å². The zero-order chi connectivity index (χ0) is 18.4. The summed E-state index contributed by atoms with van der Waals surface area (Å²) in [6.45, 7) is 5.86. The molecule has 0 saturated carbocycles. The monoisotopic (exact) mass is 377 g/mol. The van der Waals surface area contributed by atoms with E-state index in [9.17, 15) is 9.59 Å². The van der Waals surface area contributed by atoms with Gasteiger partial charge in [-0.1, -0.05) is 17.7 Å². The van der Waals surface area contributed by atoms with E-state index in [2.05, 4.69) is 36.5 Å². The quantitative estimate of drug-likeness (QED) is 0.420. The van der Waals surface area contributed by atoms with Crippen LogP contribution in [0.4, 0.5) is 5.00 Å². The van der Waals surface area contributed by atoms with Crippen molar-refractivity contribution in [2.24, 2.45) is 0 Å². The summed E-state index contributed by atoms with van der Waals surface area (Å²) in [5, 5.41) is 3.44. The van der Waals surface area contributed by atoms with Gasteiger partial charge < -0.3 is 10.1 Å². The predicted molar refractivity (Wildman–Crippen MR) is 105 cm³/mol. The minimum atomic E-state index is -0.410. The number of hydrogen-bond acceptors (Lipinski definition) is 5. The molecule has 0 saturated heterocycles. The van der Waals surface area contributed by atoms with Crippen LogP contribution in [0.2, 0.25) is 0 Å². The highest BCUT2D eigenvalue weighted by Crippen LogP contribution is 2.33. The largest absolute Gasteiger partial charge is 0.465 e. The molecule has 0 radical (unpaired) electrons. The van der Waals surface area contributed by atoms with Gasteiger partial charge in [-0.3, -0.25) is 4.79 Å². The van der Waals surface area contributed by atoms with Crippen molar-refractivity contribution in [3.8, 4) is 0 Å². The molecule has 0 bridgehead atoms. The number of thiophene rings is 1. The number of nitrogens with one attached hydrogen (secondary N) is 1. The molecule has 0 atom stereocenters. The zero-order valence-corrected chi connectivity index (χ0v) is 16.6.